The van der Waals surface area contributed by atoms with Crippen LogP contribution in [-0.4, -0.2) is 41.7 Å². The Morgan fingerprint density at radius 1 is 1.46 bits per heavy atom. The van der Waals surface area contributed by atoms with Crippen molar-refractivity contribution in [3.05, 3.63) is 16.8 Å². The van der Waals surface area contributed by atoms with Gasteiger partial charge in [0, 0.05) is 19.7 Å². The van der Waals surface area contributed by atoms with Crippen LogP contribution in [0.25, 0.3) is 10.2 Å². The van der Waals surface area contributed by atoms with Crippen LogP contribution in [0.4, 0.5) is 5.82 Å². The number of nitrogens with zero attached hydrogens (tertiary/aromatic N) is 2. The minimum absolute atomic E-state index is 0.0194. The molecule has 6 nitrogen and oxygen atoms in total. The summed E-state index contributed by atoms with van der Waals surface area (Å²) < 4.78 is 5.65. The molecule has 0 saturated carbocycles. The molecule has 2 aromatic rings. The summed E-state index contributed by atoms with van der Waals surface area (Å²) >= 11 is 1.43. The molecule has 0 radical (unpaired) electrons. The van der Waals surface area contributed by atoms with Crippen molar-refractivity contribution in [2.75, 3.05) is 25.0 Å². The van der Waals surface area contributed by atoms with E-state index in [0.717, 1.165) is 65.3 Å². The van der Waals surface area contributed by atoms with E-state index in [1.54, 1.807) is 6.33 Å². The predicted octanol–water partition coefficient (Wildman–Crippen LogP) is 3.12. The van der Waals surface area contributed by atoms with E-state index in [9.17, 15) is 4.79 Å². The largest absolute Gasteiger partial charge is 0.376 e. The average Bonchev–Trinajstić information content (AvgIpc) is 3.21. The number of nitrogens with one attached hydrogen (secondary N) is 2. The topological polar surface area (TPSA) is 76.1 Å². The van der Waals surface area contributed by atoms with Gasteiger partial charge in [-0.2, -0.15) is 0 Å². The van der Waals surface area contributed by atoms with Crippen LogP contribution < -0.4 is 10.6 Å². The van der Waals surface area contributed by atoms with Crippen LogP contribution in [0, 0.1) is 6.92 Å². The number of anilines is 1. The summed E-state index contributed by atoms with van der Waals surface area (Å²) in [6.07, 6.45) is 6.04. The molecular formula is C17H24N4O2S. The normalized spacial score (nSPS) is 17.3. The fourth-order valence-electron chi connectivity index (χ4n) is 2.90. The highest BCUT2D eigenvalue weighted by Crippen LogP contribution is 2.33. The quantitative estimate of drug-likeness (QED) is 0.752. The highest BCUT2D eigenvalue weighted by atomic mass is 32.1. The SMILES string of the molecule is CCCCNC(=O)c1sc2ncnc(NC[C@H]3CCCO3)c2c1C. The van der Waals surface area contributed by atoms with Gasteiger partial charge in [-0.1, -0.05) is 13.3 Å². The monoisotopic (exact) mass is 348 g/mol. The van der Waals surface area contributed by atoms with Gasteiger partial charge >= 0.3 is 0 Å². The van der Waals surface area contributed by atoms with Crippen LogP contribution in [0.2, 0.25) is 0 Å². The summed E-state index contributed by atoms with van der Waals surface area (Å²) in [6.45, 7) is 6.36. The molecule has 0 spiro atoms. The van der Waals surface area contributed by atoms with Crippen LogP contribution in [0.5, 0.6) is 0 Å². The lowest BCUT2D eigenvalue weighted by molar-refractivity contribution is 0.0956. The third kappa shape index (κ3) is 3.67. The van der Waals surface area contributed by atoms with Gasteiger partial charge in [-0.3, -0.25) is 4.79 Å². The minimum Gasteiger partial charge on any atom is -0.376 e. The second-order valence-electron chi connectivity index (χ2n) is 6.08. The molecule has 130 valence electrons. The number of aryl methyl sites for hydroxylation is 1. The lowest BCUT2D eigenvalue weighted by Crippen LogP contribution is -2.24. The Bertz CT molecular complexity index is 710. The van der Waals surface area contributed by atoms with E-state index in [1.165, 1.54) is 11.3 Å². The summed E-state index contributed by atoms with van der Waals surface area (Å²) in [5.41, 5.74) is 0.944. The van der Waals surface area contributed by atoms with Crippen molar-refractivity contribution in [1.29, 1.82) is 0 Å². The summed E-state index contributed by atoms with van der Waals surface area (Å²) in [7, 11) is 0. The van der Waals surface area contributed by atoms with E-state index < -0.39 is 0 Å². The zero-order valence-corrected chi connectivity index (χ0v) is 15.0. The third-order valence-electron chi connectivity index (χ3n) is 4.27. The van der Waals surface area contributed by atoms with Gasteiger partial charge in [-0.15, -0.1) is 11.3 Å². The molecule has 1 fully saturated rings. The fourth-order valence-corrected chi connectivity index (χ4v) is 3.96. The Kier molecular flexibility index (Phi) is 5.63. The Morgan fingerprint density at radius 3 is 3.08 bits per heavy atom. The Labute approximate surface area is 146 Å². The highest BCUT2D eigenvalue weighted by Gasteiger charge is 2.20. The first kappa shape index (κ1) is 17.1. The van der Waals surface area contributed by atoms with Crippen molar-refractivity contribution >= 4 is 33.3 Å². The predicted molar refractivity (Wildman–Crippen MR) is 96.9 cm³/mol. The molecule has 0 aliphatic carbocycles. The summed E-state index contributed by atoms with van der Waals surface area (Å²) in [6, 6.07) is 0. The van der Waals surface area contributed by atoms with Crippen molar-refractivity contribution in [1.82, 2.24) is 15.3 Å². The van der Waals surface area contributed by atoms with Crippen LogP contribution in [0.3, 0.4) is 0 Å². The van der Waals surface area contributed by atoms with E-state index in [0.29, 0.717) is 6.54 Å². The summed E-state index contributed by atoms with van der Waals surface area (Å²) in [4.78, 5) is 22.7. The number of hydrogen-bond donors (Lipinski definition) is 2. The van der Waals surface area contributed by atoms with Crippen LogP contribution in [-0.2, 0) is 4.74 Å². The second kappa shape index (κ2) is 7.90. The summed E-state index contributed by atoms with van der Waals surface area (Å²) in [5.74, 6) is 0.769. The van der Waals surface area contributed by atoms with Crippen LogP contribution >= 0.6 is 11.3 Å². The molecule has 1 amide bonds. The van der Waals surface area contributed by atoms with Crippen molar-refractivity contribution in [2.45, 2.75) is 45.6 Å². The summed E-state index contributed by atoms with van der Waals surface area (Å²) in [5, 5.41) is 7.30. The highest BCUT2D eigenvalue weighted by molar-refractivity contribution is 7.20. The van der Waals surface area contributed by atoms with Crippen LogP contribution in [0.1, 0.15) is 47.8 Å². The maximum Gasteiger partial charge on any atom is 0.261 e. The first-order valence-electron chi connectivity index (χ1n) is 8.58. The van der Waals surface area contributed by atoms with Gasteiger partial charge in [0.15, 0.2) is 0 Å². The maximum atomic E-state index is 12.4. The smallest absolute Gasteiger partial charge is 0.261 e. The molecule has 0 unspecified atom stereocenters. The van der Waals surface area contributed by atoms with Crippen LogP contribution in [0.15, 0.2) is 6.33 Å². The number of amides is 1. The van der Waals surface area contributed by atoms with E-state index >= 15 is 0 Å². The number of carbonyl (C=O) groups excluding carboxylic acids is 1. The van der Waals surface area contributed by atoms with Gasteiger partial charge in [0.2, 0.25) is 0 Å². The molecule has 2 aromatic heterocycles. The maximum absolute atomic E-state index is 12.4. The average molecular weight is 348 g/mol. The lowest BCUT2D eigenvalue weighted by Gasteiger charge is -2.12. The zero-order valence-electron chi connectivity index (χ0n) is 14.2. The molecule has 3 heterocycles. The minimum atomic E-state index is -0.0194. The number of carbonyl (C=O) groups is 1. The molecule has 7 heteroatoms. The van der Waals surface area contributed by atoms with Gasteiger partial charge < -0.3 is 15.4 Å². The molecule has 1 atom stereocenters. The van der Waals surface area contributed by atoms with Gasteiger partial charge in [-0.05, 0) is 31.7 Å². The van der Waals surface area contributed by atoms with Crippen molar-refractivity contribution < 1.29 is 9.53 Å². The third-order valence-corrected chi connectivity index (χ3v) is 5.47. The van der Waals surface area contributed by atoms with Crippen molar-refractivity contribution in [2.24, 2.45) is 0 Å². The van der Waals surface area contributed by atoms with Gasteiger partial charge in [0.1, 0.15) is 17.0 Å². The number of hydrogen-bond acceptors (Lipinski definition) is 6. The van der Waals surface area contributed by atoms with Gasteiger partial charge in [-0.25, -0.2) is 9.97 Å². The molecule has 24 heavy (non-hydrogen) atoms. The number of thiophene rings is 1. The van der Waals surface area contributed by atoms with E-state index in [1.807, 2.05) is 6.92 Å². The first-order valence-corrected chi connectivity index (χ1v) is 9.40. The lowest BCUT2D eigenvalue weighted by atomic mass is 10.2. The standard InChI is InChI=1S/C17H24N4O2S/c1-3-4-7-18-16(22)14-11(2)13-15(20-10-21-17(13)24-14)19-9-12-6-5-8-23-12/h10,12H,3-9H2,1-2H3,(H,18,22)(H,19,20,21)/t12-/m1/s1. The molecule has 3 rings (SSSR count). The Hall–Kier alpha value is -1.73. The molecule has 1 aliphatic heterocycles. The van der Waals surface area contributed by atoms with Gasteiger partial charge in [0.05, 0.1) is 16.4 Å². The Balaban J connectivity index is 1.79. The van der Waals surface area contributed by atoms with E-state index in [2.05, 4.69) is 27.5 Å². The first-order chi connectivity index (χ1) is 11.7. The molecule has 0 aromatic carbocycles. The number of fused-ring (bicyclic) bond motifs is 1. The second-order valence-corrected chi connectivity index (χ2v) is 7.08. The molecule has 1 aliphatic rings. The number of aromatic nitrogens is 2. The van der Waals surface area contributed by atoms with Crippen molar-refractivity contribution in [3.63, 3.8) is 0 Å². The number of rotatable bonds is 7. The molecule has 1 saturated heterocycles. The molecule has 2 N–H and O–H groups in total. The van der Waals surface area contributed by atoms with Crippen molar-refractivity contribution in [3.8, 4) is 0 Å². The number of ether oxygens (including phenoxy) is 1. The van der Waals surface area contributed by atoms with Gasteiger partial charge in [0.25, 0.3) is 5.91 Å². The Morgan fingerprint density at radius 2 is 2.33 bits per heavy atom. The zero-order chi connectivity index (χ0) is 16.9. The van der Waals surface area contributed by atoms with E-state index in [4.69, 9.17) is 4.74 Å². The molecular weight excluding hydrogens is 324 g/mol. The van der Waals surface area contributed by atoms with E-state index in [-0.39, 0.29) is 12.0 Å². The number of unbranched alkanes of at least 4 members (excludes halogenated alkanes) is 1. The molecule has 0 bridgehead atoms. The fraction of sp³-hybridized carbons (Fsp3) is 0.588.